The summed E-state index contributed by atoms with van der Waals surface area (Å²) in [5.41, 5.74) is 4.54. The molecular formula is C26H35FN2O2. The van der Waals surface area contributed by atoms with Crippen molar-refractivity contribution in [2.45, 2.75) is 59.0 Å². The molecule has 0 aromatic heterocycles. The minimum atomic E-state index is -0.208. The average Bonchev–Trinajstić information content (AvgIpc) is 2.75. The third kappa shape index (κ3) is 5.85. The zero-order valence-electron chi connectivity index (χ0n) is 19.4. The summed E-state index contributed by atoms with van der Waals surface area (Å²) in [6.07, 6.45) is 1.69. The highest BCUT2D eigenvalue weighted by atomic mass is 19.1. The highest BCUT2D eigenvalue weighted by Crippen LogP contribution is 2.32. The van der Waals surface area contributed by atoms with Crippen LogP contribution >= 0.6 is 0 Å². The highest BCUT2D eigenvalue weighted by molar-refractivity contribution is 5.79. The molecule has 2 aromatic rings. The SMILES string of the molecule is COc1cc(C)c([C@@H](C)NC(=O)C2CCN(Cc3ccc(F)cc3)CC2)cc1C(C)C. The largest absolute Gasteiger partial charge is 0.496 e. The van der Waals surface area contributed by atoms with Gasteiger partial charge in [0.25, 0.3) is 0 Å². The van der Waals surface area contributed by atoms with Crippen LogP contribution < -0.4 is 10.1 Å². The van der Waals surface area contributed by atoms with E-state index in [1.54, 1.807) is 7.11 Å². The number of carbonyl (C=O) groups is 1. The number of rotatable bonds is 7. The summed E-state index contributed by atoms with van der Waals surface area (Å²) in [6.45, 7) is 11.0. The fraction of sp³-hybridized carbons (Fsp3) is 0.500. The predicted molar refractivity (Wildman–Crippen MR) is 123 cm³/mol. The summed E-state index contributed by atoms with van der Waals surface area (Å²) in [7, 11) is 1.70. The van der Waals surface area contributed by atoms with Gasteiger partial charge in [-0.15, -0.1) is 0 Å². The first-order valence-electron chi connectivity index (χ1n) is 11.2. The molecule has 0 bridgehead atoms. The lowest BCUT2D eigenvalue weighted by molar-refractivity contribution is -0.127. The molecule has 31 heavy (non-hydrogen) atoms. The third-order valence-corrected chi connectivity index (χ3v) is 6.34. The first kappa shape index (κ1) is 23.3. The van der Waals surface area contributed by atoms with Crippen LogP contribution in [-0.2, 0) is 11.3 Å². The van der Waals surface area contributed by atoms with Crippen molar-refractivity contribution in [3.8, 4) is 5.75 Å². The first-order chi connectivity index (χ1) is 14.8. The lowest BCUT2D eigenvalue weighted by Crippen LogP contribution is -2.41. The number of nitrogens with zero attached hydrogens (tertiary/aromatic N) is 1. The number of ether oxygens (including phenoxy) is 1. The molecule has 1 atom stereocenters. The van der Waals surface area contributed by atoms with Crippen LogP contribution in [0.2, 0.25) is 0 Å². The van der Waals surface area contributed by atoms with Crippen molar-refractivity contribution in [2.75, 3.05) is 20.2 Å². The molecule has 3 rings (SSSR count). The van der Waals surface area contributed by atoms with E-state index < -0.39 is 0 Å². The molecule has 1 aliphatic heterocycles. The van der Waals surface area contributed by atoms with Gasteiger partial charge in [0, 0.05) is 12.5 Å². The Morgan fingerprint density at radius 1 is 1.13 bits per heavy atom. The number of methoxy groups -OCH3 is 1. The molecule has 1 amide bonds. The number of piperidine rings is 1. The van der Waals surface area contributed by atoms with Crippen LogP contribution in [0.1, 0.15) is 67.8 Å². The van der Waals surface area contributed by atoms with Crippen LogP contribution in [0.15, 0.2) is 36.4 Å². The first-order valence-corrected chi connectivity index (χ1v) is 11.2. The van der Waals surface area contributed by atoms with E-state index >= 15 is 0 Å². The second-order valence-electron chi connectivity index (χ2n) is 9.01. The Bertz CT molecular complexity index is 887. The van der Waals surface area contributed by atoms with Gasteiger partial charge in [-0.3, -0.25) is 9.69 Å². The maximum absolute atomic E-state index is 13.1. The van der Waals surface area contributed by atoms with E-state index in [-0.39, 0.29) is 23.7 Å². The van der Waals surface area contributed by atoms with Gasteiger partial charge < -0.3 is 10.1 Å². The number of nitrogens with one attached hydrogen (secondary N) is 1. The van der Waals surface area contributed by atoms with E-state index in [0.717, 1.165) is 54.9 Å². The van der Waals surface area contributed by atoms with E-state index in [1.807, 2.05) is 12.1 Å². The third-order valence-electron chi connectivity index (χ3n) is 6.34. The van der Waals surface area contributed by atoms with Gasteiger partial charge in [-0.2, -0.15) is 0 Å². The van der Waals surface area contributed by atoms with E-state index in [0.29, 0.717) is 5.92 Å². The Morgan fingerprint density at radius 2 is 1.77 bits per heavy atom. The number of amides is 1. The minimum absolute atomic E-state index is 0.0371. The molecule has 1 N–H and O–H groups in total. The Hall–Kier alpha value is -2.40. The Morgan fingerprint density at radius 3 is 2.35 bits per heavy atom. The molecule has 0 radical (unpaired) electrons. The summed E-state index contributed by atoms with van der Waals surface area (Å²) in [4.78, 5) is 15.3. The topological polar surface area (TPSA) is 41.6 Å². The van der Waals surface area contributed by atoms with Crippen LogP contribution in [0.3, 0.4) is 0 Å². The van der Waals surface area contributed by atoms with Crippen molar-refractivity contribution in [2.24, 2.45) is 5.92 Å². The van der Waals surface area contributed by atoms with Gasteiger partial charge in [-0.25, -0.2) is 4.39 Å². The Balaban J connectivity index is 1.57. The fourth-order valence-corrected chi connectivity index (χ4v) is 4.42. The minimum Gasteiger partial charge on any atom is -0.496 e. The van der Waals surface area contributed by atoms with Gasteiger partial charge in [-0.05, 0) is 92.2 Å². The zero-order chi connectivity index (χ0) is 22.5. The molecular weight excluding hydrogens is 391 g/mol. The second kappa shape index (κ2) is 10.3. The van der Waals surface area contributed by atoms with Crippen LogP contribution in [0.5, 0.6) is 5.75 Å². The zero-order valence-corrected chi connectivity index (χ0v) is 19.4. The maximum Gasteiger partial charge on any atom is 0.223 e. The van der Waals surface area contributed by atoms with Crippen LogP contribution in [0.4, 0.5) is 4.39 Å². The number of hydrogen-bond acceptors (Lipinski definition) is 3. The molecule has 0 spiro atoms. The van der Waals surface area contributed by atoms with Crippen LogP contribution in [0.25, 0.3) is 0 Å². The molecule has 1 saturated heterocycles. The van der Waals surface area contributed by atoms with E-state index in [9.17, 15) is 9.18 Å². The molecule has 0 unspecified atom stereocenters. The lowest BCUT2D eigenvalue weighted by Gasteiger charge is -2.32. The fourth-order valence-electron chi connectivity index (χ4n) is 4.42. The van der Waals surface area contributed by atoms with Crippen molar-refractivity contribution in [1.82, 2.24) is 10.2 Å². The van der Waals surface area contributed by atoms with Crippen molar-refractivity contribution in [1.29, 1.82) is 0 Å². The van der Waals surface area contributed by atoms with Crippen molar-refractivity contribution < 1.29 is 13.9 Å². The van der Waals surface area contributed by atoms with Gasteiger partial charge in [0.2, 0.25) is 5.91 Å². The van der Waals surface area contributed by atoms with Gasteiger partial charge in [0.15, 0.2) is 0 Å². The summed E-state index contributed by atoms with van der Waals surface area (Å²) in [5, 5.41) is 3.24. The summed E-state index contributed by atoms with van der Waals surface area (Å²) >= 11 is 0. The van der Waals surface area contributed by atoms with Crippen molar-refractivity contribution >= 4 is 5.91 Å². The molecule has 0 aliphatic carbocycles. The Labute approximate surface area is 185 Å². The molecule has 1 fully saturated rings. The van der Waals surface area contributed by atoms with Crippen LogP contribution in [-0.4, -0.2) is 31.0 Å². The summed E-state index contributed by atoms with van der Waals surface area (Å²) in [5.74, 6) is 1.22. The van der Waals surface area contributed by atoms with E-state index in [4.69, 9.17) is 4.74 Å². The number of likely N-dealkylation sites (tertiary alicyclic amines) is 1. The summed E-state index contributed by atoms with van der Waals surface area (Å²) in [6, 6.07) is 10.9. The number of aryl methyl sites for hydroxylation is 1. The van der Waals surface area contributed by atoms with Crippen molar-refractivity contribution in [3.63, 3.8) is 0 Å². The van der Waals surface area contributed by atoms with Crippen molar-refractivity contribution in [3.05, 3.63) is 64.5 Å². The van der Waals surface area contributed by atoms with E-state index in [1.165, 1.54) is 17.7 Å². The average molecular weight is 427 g/mol. The molecule has 1 aliphatic rings. The normalized spacial score (nSPS) is 16.4. The number of hydrogen-bond donors (Lipinski definition) is 1. The quantitative estimate of drug-likeness (QED) is 0.648. The van der Waals surface area contributed by atoms with Gasteiger partial charge in [0.1, 0.15) is 11.6 Å². The number of benzene rings is 2. The molecule has 0 saturated carbocycles. The predicted octanol–water partition coefficient (Wildman–Crippen LogP) is 5.36. The molecule has 1 heterocycles. The maximum atomic E-state index is 13.1. The molecule has 4 nitrogen and oxygen atoms in total. The number of halogens is 1. The highest BCUT2D eigenvalue weighted by Gasteiger charge is 2.26. The van der Waals surface area contributed by atoms with Gasteiger partial charge in [-0.1, -0.05) is 26.0 Å². The molecule has 168 valence electrons. The van der Waals surface area contributed by atoms with Crippen LogP contribution in [0, 0.1) is 18.7 Å². The molecule has 5 heteroatoms. The smallest absolute Gasteiger partial charge is 0.223 e. The monoisotopic (exact) mass is 426 g/mol. The standard InChI is InChI=1S/C26H35FN2O2/c1-17(2)23-15-24(18(3)14-25(23)31-5)19(4)28-26(30)21-10-12-29(13-11-21)16-20-6-8-22(27)9-7-20/h6-9,14-15,17,19,21H,10-13,16H2,1-5H3,(H,28,30)/t19-/m1/s1. The lowest BCUT2D eigenvalue weighted by atomic mass is 9.92. The Kier molecular flexibility index (Phi) is 7.71. The van der Waals surface area contributed by atoms with Gasteiger partial charge in [0.05, 0.1) is 13.2 Å². The molecule has 2 aromatic carbocycles. The summed E-state index contributed by atoms with van der Waals surface area (Å²) < 4.78 is 18.6. The van der Waals surface area contributed by atoms with Gasteiger partial charge >= 0.3 is 0 Å². The van der Waals surface area contributed by atoms with E-state index in [2.05, 4.69) is 50.0 Å². The second-order valence-corrected chi connectivity index (χ2v) is 9.01. The number of carbonyl (C=O) groups excluding carboxylic acids is 1.